The molecule has 1 aromatic heterocycles. The number of amides is 1. The van der Waals surface area contributed by atoms with Gasteiger partial charge in [-0.05, 0) is 39.2 Å². The molecule has 3 nitrogen and oxygen atoms in total. The molecule has 0 saturated carbocycles. The number of hydrogen-bond acceptors (Lipinski definition) is 3. The highest BCUT2D eigenvalue weighted by molar-refractivity contribution is 7.13. The first-order valence-electron chi connectivity index (χ1n) is 8.19. The zero-order valence-corrected chi connectivity index (χ0v) is 15.6. The number of benzene rings is 1. The molecule has 0 spiro atoms. The van der Waals surface area contributed by atoms with E-state index in [4.69, 9.17) is 0 Å². The van der Waals surface area contributed by atoms with Crippen LogP contribution in [0.5, 0.6) is 0 Å². The van der Waals surface area contributed by atoms with Crippen LogP contribution in [0.4, 0.5) is 0 Å². The standard InChI is InChI=1S/C19H26N2OS/c1-12(2)15-7-9-16(10-8-15)18-20-17(11-23-18)19(22)21(13(3)4)14(5)6/h7-14H,1-6H3. The van der Waals surface area contributed by atoms with E-state index >= 15 is 0 Å². The fourth-order valence-corrected chi connectivity index (χ4v) is 3.51. The Morgan fingerprint density at radius 1 is 1.00 bits per heavy atom. The fraction of sp³-hybridized carbons (Fsp3) is 0.474. The van der Waals surface area contributed by atoms with Crippen molar-refractivity contribution in [2.45, 2.75) is 59.5 Å². The van der Waals surface area contributed by atoms with Crippen molar-refractivity contribution in [3.05, 3.63) is 40.9 Å². The Labute approximate surface area is 143 Å². The number of hydrogen-bond donors (Lipinski definition) is 0. The van der Waals surface area contributed by atoms with Gasteiger partial charge < -0.3 is 4.90 Å². The molecule has 0 aliphatic heterocycles. The lowest BCUT2D eigenvalue weighted by Gasteiger charge is -2.30. The second kappa shape index (κ2) is 7.26. The van der Waals surface area contributed by atoms with E-state index in [1.54, 1.807) is 0 Å². The minimum Gasteiger partial charge on any atom is -0.332 e. The van der Waals surface area contributed by atoms with Crippen LogP contribution in [-0.4, -0.2) is 27.9 Å². The summed E-state index contributed by atoms with van der Waals surface area (Å²) in [5, 5.41) is 2.77. The van der Waals surface area contributed by atoms with Gasteiger partial charge in [0.25, 0.3) is 5.91 Å². The number of aromatic nitrogens is 1. The maximum atomic E-state index is 12.7. The maximum absolute atomic E-state index is 12.7. The molecule has 0 unspecified atom stereocenters. The van der Waals surface area contributed by atoms with Crippen LogP contribution in [0.2, 0.25) is 0 Å². The first-order chi connectivity index (χ1) is 10.8. The Bertz CT molecular complexity index is 648. The van der Waals surface area contributed by atoms with E-state index < -0.39 is 0 Å². The molecular weight excluding hydrogens is 304 g/mol. The van der Waals surface area contributed by atoms with Crippen LogP contribution in [0.25, 0.3) is 10.6 Å². The zero-order valence-electron chi connectivity index (χ0n) is 14.8. The molecule has 0 atom stereocenters. The second-order valence-corrected chi connectivity index (χ2v) is 7.57. The largest absolute Gasteiger partial charge is 0.332 e. The molecule has 4 heteroatoms. The van der Waals surface area contributed by atoms with Gasteiger partial charge in [-0.25, -0.2) is 4.98 Å². The molecule has 0 saturated heterocycles. The minimum absolute atomic E-state index is 0.0105. The molecule has 2 rings (SSSR count). The lowest BCUT2D eigenvalue weighted by molar-refractivity contribution is 0.0638. The minimum atomic E-state index is 0.0105. The molecule has 0 aliphatic carbocycles. The topological polar surface area (TPSA) is 33.2 Å². The van der Waals surface area contributed by atoms with Gasteiger partial charge in [0.1, 0.15) is 10.7 Å². The van der Waals surface area contributed by atoms with E-state index in [1.807, 2.05) is 38.0 Å². The Balaban J connectivity index is 2.24. The second-order valence-electron chi connectivity index (χ2n) is 6.71. The Morgan fingerprint density at radius 3 is 2.04 bits per heavy atom. The quantitative estimate of drug-likeness (QED) is 0.755. The normalized spacial score (nSPS) is 11.5. The third-order valence-corrected chi connectivity index (χ3v) is 4.79. The van der Waals surface area contributed by atoms with Gasteiger partial charge in [0.05, 0.1) is 0 Å². The van der Waals surface area contributed by atoms with Gasteiger partial charge in [0, 0.05) is 23.0 Å². The lowest BCUT2D eigenvalue weighted by Crippen LogP contribution is -2.42. The average molecular weight is 330 g/mol. The maximum Gasteiger partial charge on any atom is 0.273 e. The van der Waals surface area contributed by atoms with E-state index in [0.29, 0.717) is 11.6 Å². The summed E-state index contributed by atoms with van der Waals surface area (Å²) in [5.74, 6) is 0.527. The molecule has 2 aromatic rings. The summed E-state index contributed by atoms with van der Waals surface area (Å²) in [4.78, 5) is 19.1. The zero-order chi connectivity index (χ0) is 17.1. The highest BCUT2D eigenvalue weighted by Gasteiger charge is 2.23. The van der Waals surface area contributed by atoms with Crippen molar-refractivity contribution in [2.24, 2.45) is 0 Å². The summed E-state index contributed by atoms with van der Waals surface area (Å²) in [5.41, 5.74) is 2.92. The highest BCUT2D eigenvalue weighted by atomic mass is 32.1. The Morgan fingerprint density at radius 2 is 1.57 bits per heavy atom. The van der Waals surface area contributed by atoms with Gasteiger partial charge in [-0.2, -0.15) is 0 Å². The number of nitrogens with zero attached hydrogens (tertiary/aromatic N) is 2. The van der Waals surface area contributed by atoms with Gasteiger partial charge in [-0.1, -0.05) is 38.1 Å². The monoisotopic (exact) mass is 330 g/mol. The molecule has 124 valence electrons. The smallest absolute Gasteiger partial charge is 0.273 e. The molecule has 0 radical (unpaired) electrons. The van der Waals surface area contributed by atoms with Gasteiger partial charge in [0.15, 0.2) is 0 Å². The summed E-state index contributed by atoms with van der Waals surface area (Å²) in [6.07, 6.45) is 0. The van der Waals surface area contributed by atoms with Crippen molar-refractivity contribution >= 4 is 17.2 Å². The summed E-state index contributed by atoms with van der Waals surface area (Å²) >= 11 is 1.53. The number of carbonyl (C=O) groups excluding carboxylic acids is 1. The summed E-state index contributed by atoms with van der Waals surface area (Å²) in [6.45, 7) is 12.5. The van der Waals surface area contributed by atoms with E-state index in [-0.39, 0.29) is 18.0 Å². The average Bonchev–Trinajstić information content (AvgIpc) is 2.96. The van der Waals surface area contributed by atoms with E-state index in [1.165, 1.54) is 16.9 Å². The predicted molar refractivity (Wildman–Crippen MR) is 98.1 cm³/mol. The molecule has 0 N–H and O–H groups in total. The van der Waals surface area contributed by atoms with Gasteiger partial charge in [0.2, 0.25) is 0 Å². The van der Waals surface area contributed by atoms with Crippen molar-refractivity contribution in [2.75, 3.05) is 0 Å². The van der Waals surface area contributed by atoms with Crippen molar-refractivity contribution in [1.82, 2.24) is 9.88 Å². The summed E-state index contributed by atoms with van der Waals surface area (Å²) in [7, 11) is 0. The molecular formula is C19H26N2OS. The fourth-order valence-electron chi connectivity index (χ4n) is 2.71. The predicted octanol–water partition coefficient (Wildman–Crippen LogP) is 5.19. The Hall–Kier alpha value is -1.68. The van der Waals surface area contributed by atoms with Crippen LogP contribution in [-0.2, 0) is 0 Å². The van der Waals surface area contributed by atoms with Crippen molar-refractivity contribution in [3.8, 4) is 10.6 Å². The SMILES string of the molecule is CC(C)c1ccc(-c2nc(C(=O)N(C(C)C)C(C)C)cs2)cc1. The molecule has 0 bridgehead atoms. The number of thiazole rings is 1. The van der Waals surface area contributed by atoms with Gasteiger partial charge in [-0.15, -0.1) is 11.3 Å². The van der Waals surface area contributed by atoms with Crippen LogP contribution in [0.15, 0.2) is 29.6 Å². The van der Waals surface area contributed by atoms with E-state index in [9.17, 15) is 4.79 Å². The third-order valence-electron chi connectivity index (χ3n) is 3.89. The van der Waals surface area contributed by atoms with Gasteiger partial charge >= 0.3 is 0 Å². The first kappa shape index (κ1) is 17.7. The number of rotatable bonds is 5. The van der Waals surface area contributed by atoms with Crippen LogP contribution >= 0.6 is 11.3 Å². The molecule has 23 heavy (non-hydrogen) atoms. The molecule has 1 heterocycles. The van der Waals surface area contributed by atoms with E-state index in [2.05, 4.69) is 43.1 Å². The van der Waals surface area contributed by atoms with Crippen molar-refractivity contribution in [1.29, 1.82) is 0 Å². The molecule has 1 aromatic carbocycles. The first-order valence-corrected chi connectivity index (χ1v) is 9.07. The summed E-state index contributed by atoms with van der Waals surface area (Å²) in [6, 6.07) is 8.78. The van der Waals surface area contributed by atoms with Crippen LogP contribution in [0.1, 0.15) is 63.5 Å². The lowest BCUT2D eigenvalue weighted by atomic mass is 10.0. The van der Waals surface area contributed by atoms with Crippen LogP contribution in [0.3, 0.4) is 0 Å². The molecule has 0 aliphatic rings. The van der Waals surface area contributed by atoms with Crippen molar-refractivity contribution in [3.63, 3.8) is 0 Å². The summed E-state index contributed by atoms with van der Waals surface area (Å²) < 4.78 is 0. The van der Waals surface area contributed by atoms with Gasteiger partial charge in [-0.3, -0.25) is 4.79 Å². The number of carbonyl (C=O) groups is 1. The highest BCUT2D eigenvalue weighted by Crippen LogP contribution is 2.26. The van der Waals surface area contributed by atoms with Crippen LogP contribution < -0.4 is 0 Å². The van der Waals surface area contributed by atoms with E-state index in [0.717, 1.165) is 10.6 Å². The molecule has 0 fully saturated rings. The molecule has 1 amide bonds. The Kier molecular flexibility index (Phi) is 5.58. The van der Waals surface area contributed by atoms with Crippen molar-refractivity contribution < 1.29 is 4.79 Å². The third kappa shape index (κ3) is 3.99. The van der Waals surface area contributed by atoms with Crippen LogP contribution in [0, 0.1) is 0 Å².